The Morgan fingerprint density at radius 2 is 1.86 bits per heavy atom. The van der Waals surface area contributed by atoms with Crippen LogP contribution in [0, 0.1) is 0 Å². The highest BCUT2D eigenvalue weighted by molar-refractivity contribution is 5.29. The summed E-state index contributed by atoms with van der Waals surface area (Å²) in [6.07, 6.45) is -0.594. The molecule has 0 aliphatic carbocycles. The van der Waals surface area contributed by atoms with Crippen LogP contribution in [0.1, 0.15) is 24.1 Å². The first-order valence-corrected chi connectivity index (χ1v) is 7.46. The second kappa shape index (κ2) is 7.94. The molecule has 1 unspecified atom stereocenters. The van der Waals surface area contributed by atoms with E-state index in [-0.39, 0.29) is 12.1 Å². The minimum absolute atomic E-state index is 0.118. The Morgan fingerprint density at radius 1 is 1.14 bits per heavy atom. The summed E-state index contributed by atoms with van der Waals surface area (Å²) in [5.74, 6) is 0.829. The van der Waals surface area contributed by atoms with E-state index in [4.69, 9.17) is 10.5 Å². The monoisotopic (exact) mass is 300 g/mol. The zero-order valence-electron chi connectivity index (χ0n) is 13.1. The molecule has 0 amide bonds. The second-order valence-corrected chi connectivity index (χ2v) is 5.44. The van der Waals surface area contributed by atoms with Crippen molar-refractivity contribution in [1.29, 1.82) is 0 Å². The molecule has 2 aromatic rings. The number of hydrogen-bond acceptors (Lipinski definition) is 4. The predicted molar refractivity (Wildman–Crippen MR) is 88.7 cm³/mol. The van der Waals surface area contributed by atoms with Crippen LogP contribution in [0.15, 0.2) is 54.6 Å². The molecular weight excluding hydrogens is 276 g/mol. The molecule has 4 nitrogen and oxygen atoms in total. The van der Waals surface area contributed by atoms with Crippen LogP contribution < -0.4 is 15.8 Å². The maximum absolute atomic E-state index is 9.85. The van der Waals surface area contributed by atoms with E-state index in [0.29, 0.717) is 6.54 Å². The Morgan fingerprint density at radius 3 is 2.50 bits per heavy atom. The topological polar surface area (TPSA) is 67.5 Å². The molecule has 0 spiro atoms. The number of aliphatic hydroxyl groups excluding tert-OH is 1. The van der Waals surface area contributed by atoms with Crippen molar-refractivity contribution in [3.8, 4) is 5.75 Å². The number of nitrogens with one attached hydrogen (secondary N) is 1. The standard InChI is InChI=1S/C18H24N2O2/c1-13(21)17(19)18(15-8-4-3-5-9-15)20-12-14-7-6-10-16(11-14)22-2/h3-11,13,17-18,20-21H,12,19H2,1-2H3/t13-,17-,18?/m1/s1. The van der Waals surface area contributed by atoms with Crippen molar-refractivity contribution in [2.24, 2.45) is 5.73 Å². The lowest BCUT2D eigenvalue weighted by atomic mass is 9.96. The smallest absolute Gasteiger partial charge is 0.119 e. The molecule has 0 aromatic heterocycles. The zero-order valence-corrected chi connectivity index (χ0v) is 13.1. The van der Waals surface area contributed by atoms with Crippen LogP contribution in [0.2, 0.25) is 0 Å². The Labute approximate surface area is 131 Å². The Kier molecular flexibility index (Phi) is 5.95. The maximum Gasteiger partial charge on any atom is 0.119 e. The van der Waals surface area contributed by atoms with Crippen molar-refractivity contribution in [3.05, 3.63) is 65.7 Å². The van der Waals surface area contributed by atoms with Gasteiger partial charge in [0.25, 0.3) is 0 Å². The molecule has 4 N–H and O–H groups in total. The molecule has 0 heterocycles. The van der Waals surface area contributed by atoms with Crippen molar-refractivity contribution < 1.29 is 9.84 Å². The van der Waals surface area contributed by atoms with Gasteiger partial charge in [0, 0.05) is 12.6 Å². The quantitative estimate of drug-likeness (QED) is 0.733. The molecule has 0 aliphatic rings. The molecule has 0 saturated carbocycles. The predicted octanol–water partition coefficient (Wildman–Crippen LogP) is 2.23. The van der Waals surface area contributed by atoms with Crippen molar-refractivity contribution in [2.45, 2.75) is 31.7 Å². The molecule has 0 saturated heterocycles. The average Bonchev–Trinajstić information content (AvgIpc) is 2.56. The van der Waals surface area contributed by atoms with Crippen LogP contribution >= 0.6 is 0 Å². The van der Waals surface area contributed by atoms with Gasteiger partial charge < -0.3 is 20.9 Å². The summed E-state index contributed by atoms with van der Waals surface area (Å²) in [6, 6.07) is 17.4. The molecule has 22 heavy (non-hydrogen) atoms. The van der Waals surface area contributed by atoms with Crippen LogP contribution in [0.4, 0.5) is 0 Å². The van der Waals surface area contributed by atoms with E-state index in [1.807, 2.05) is 54.6 Å². The summed E-state index contributed by atoms with van der Waals surface area (Å²) in [5.41, 5.74) is 8.35. The molecule has 2 rings (SSSR count). The molecule has 0 radical (unpaired) electrons. The van der Waals surface area contributed by atoms with Gasteiger partial charge in [-0.05, 0) is 30.2 Å². The second-order valence-electron chi connectivity index (χ2n) is 5.44. The fourth-order valence-corrected chi connectivity index (χ4v) is 2.43. The van der Waals surface area contributed by atoms with Gasteiger partial charge >= 0.3 is 0 Å². The number of hydrogen-bond donors (Lipinski definition) is 3. The number of rotatable bonds is 7. The zero-order chi connectivity index (χ0) is 15.9. The van der Waals surface area contributed by atoms with Crippen LogP contribution in [0.5, 0.6) is 5.75 Å². The third-order valence-electron chi connectivity index (χ3n) is 3.76. The first-order valence-electron chi connectivity index (χ1n) is 7.46. The molecule has 2 aromatic carbocycles. The summed E-state index contributed by atoms with van der Waals surface area (Å²) >= 11 is 0. The van der Waals surface area contributed by atoms with Gasteiger partial charge in [-0.15, -0.1) is 0 Å². The highest BCUT2D eigenvalue weighted by Gasteiger charge is 2.23. The Bertz CT molecular complexity index is 572. The molecule has 0 aliphatic heterocycles. The van der Waals surface area contributed by atoms with Crippen LogP contribution in [0.25, 0.3) is 0 Å². The van der Waals surface area contributed by atoms with Gasteiger partial charge in [0.05, 0.1) is 19.3 Å². The molecule has 0 fully saturated rings. The molecule has 3 atom stereocenters. The lowest BCUT2D eigenvalue weighted by molar-refractivity contribution is 0.142. The highest BCUT2D eigenvalue weighted by atomic mass is 16.5. The van der Waals surface area contributed by atoms with Gasteiger partial charge in [0.2, 0.25) is 0 Å². The van der Waals surface area contributed by atoms with Gasteiger partial charge in [-0.2, -0.15) is 0 Å². The molecule has 4 heteroatoms. The van der Waals surface area contributed by atoms with Crippen LogP contribution in [0.3, 0.4) is 0 Å². The molecule has 0 bridgehead atoms. The van der Waals surface area contributed by atoms with E-state index in [1.165, 1.54) is 0 Å². The summed E-state index contributed by atoms with van der Waals surface area (Å²) in [4.78, 5) is 0. The Hall–Kier alpha value is -1.88. The minimum Gasteiger partial charge on any atom is -0.497 e. The van der Waals surface area contributed by atoms with Gasteiger partial charge in [-0.25, -0.2) is 0 Å². The molecule has 118 valence electrons. The first kappa shape index (κ1) is 16.5. The van der Waals surface area contributed by atoms with Crippen molar-refractivity contribution in [2.75, 3.05) is 7.11 Å². The van der Waals surface area contributed by atoms with E-state index < -0.39 is 6.10 Å². The number of methoxy groups -OCH3 is 1. The third kappa shape index (κ3) is 4.31. The van der Waals surface area contributed by atoms with E-state index in [0.717, 1.165) is 16.9 Å². The van der Waals surface area contributed by atoms with Gasteiger partial charge in [0.15, 0.2) is 0 Å². The largest absolute Gasteiger partial charge is 0.497 e. The fourth-order valence-electron chi connectivity index (χ4n) is 2.43. The van der Waals surface area contributed by atoms with E-state index in [1.54, 1.807) is 14.0 Å². The molecular formula is C18H24N2O2. The summed E-state index contributed by atoms with van der Waals surface area (Å²) in [5, 5.41) is 13.3. The number of nitrogens with two attached hydrogens (primary N) is 1. The normalized spacial score (nSPS) is 15.1. The van der Waals surface area contributed by atoms with Crippen molar-refractivity contribution >= 4 is 0 Å². The first-order chi connectivity index (χ1) is 10.6. The highest BCUT2D eigenvalue weighted by Crippen LogP contribution is 2.19. The van der Waals surface area contributed by atoms with Crippen LogP contribution in [-0.2, 0) is 6.54 Å². The summed E-state index contributed by atoms with van der Waals surface area (Å²) < 4.78 is 5.24. The summed E-state index contributed by atoms with van der Waals surface area (Å²) in [7, 11) is 1.66. The SMILES string of the molecule is COc1cccc(CNC(c2ccccc2)[C@H](N)[C@@H](C)O)c1. The van der Waals surface area contributed by atoms with Crippen LogP contribution in [-0.4, -0.2) is 24.4 Å². The van der Waals surface area contributed by atoms with Crippen molar-refractivity contribution in [3.63, 3.8) is 0 Å². The number of benzene rings is 2. The number of aliphatic hydroxyl groups is 1. The van der Waals surface area contributed by atoms with E-state index in [9.17, 15) is 5.11 Å². The number of ether oxygens (including phenoxy) is 1. The minimum atomic E-state index is -0.594. The summed E-state index contributed by atoms with van der Waals surface area (Å²) in [6.45, 7) is 2.37. The average molecular weight is 300 g/mol. The maximum atomic E-state index is 9.85. The van der Waals surface area contributed by atoms with E-state index >= 15 is 0 Å². The fraction of sp³-hybridized carbons (Fsp3) is 0.333. The van der Waals surface area contributed by atoms with Crippen molar-refractivity contribution in [1.82, 2.24) is 5.32 Å². The van der Waals surface area contributed by atoms with E-state index in [2.05, 4.69) is 5.32 Å². The third-order valence-corrected chi connectivity index (χ3v) is 3.76. The lowest BCUT2D eigenvalue weighted by Crippen LogP contribution is -2.44. The van der Waals surface area contributed by atoms with Gasteiger partial charge in [0.1, 0.15) is 5.75 Å². The Balaban J connectivity index is 2.13. The lowest BCUT2D eigenvalue weighted by Gasteiger charge is -2.27. The van der Waals surface area contributed by atoms with Gasteiger partial charge in [-0.1, -0.05) is 42.5 Å². The van der Waals surface area contributed by atoms with Gasteiger partial charge in [-0.3, -0.25) is 0 Å².